The van der Waals surface area contributed by atoms with Crippen molar-refractivity contribution in [1.29, 1.82) is 0 Å². The lowest BCUT2D eigenvalue weighted by Gasteiger charge is -2.32. The minimum absolute atomic E-state index is 0.0646. The van der Waals surface area contributed by atoms with E-state index in [9.17, 15) is 4.39 Å². The van der Waals surface area contributed by atoms with Gasteiger partial charge in [-0.15, -0.1) is 0 Å². The van der Waals surface area contributed by atoms with Crippen molar-refractivity contribution >= 4 is 12.6 Å². The van der Waals surface area contributed by atoms with Crippen LogP contribution in [0.4, 0.5) is 4.39 Å². The average molecular weight is 460 g/mol. The van der Waals surface area contributed by atoms with Gasteiger partial charge in [-0.1, -0.05) is 42.5 Å². The summed E-state index contributed by atoms with van der Waals surface area (Å²) in [7, 11) is 1.20. The van der Waals surface area contributed by atoms with Crippen molar-refractivity contribution in [2.24, 2.45) is 0 Å². The maximum atomic E-state index is 14.4. The van der Waals surface area contributed by atoms with Crippen LogP contribution in [0.25, 0.3) is 11.1 Å². The summed E-state index contributed by atoms with van der Waals surface area (Å²) in [6.45, 7) is 8.81. The topological polar surface area (TPSA) is 36.9 Å². The van der Waals surface area contributed by atoms with E-state index in [1.54, 1.807) is 19.2 Å². The van der Waals surface area contributed by atoms with Crippen LogP contribution >= 0.6 is 0 Å². The van der Waals surface area contributed by atoms with Crippen LogP contribution in [0.1, 0.15) is 50.5 Å². The summed E-state index contributed by atoms with van der Waals surface area (Å²) in [5.41, 5.74) is 5.11. The maximum Gasteiger partial charge on any atom is 0.494 e. The number of ether oxygens (including phenoxy) is 2. The van der Waals surface area contributed by atoms with Crippen LogP contribution in [0.3, 0.4) is 0 Å². The summed E-state index contributed by atoms with van der Waals surface area (Å²) in [6.07, 6.45) is 0.695. The van der Waals surface area contributed by atoms with Gasteiger partial charge in [0.2, 0.25) is 0 Å². The predicted octanol–water partition coefficient (Wildman–Crippen LogP) is 5.61. The van der Waals surface area contributed by atoms with Gasteiger partial charge in [-0.2, -0.15) is 0 Å². The second-order valence-electron chi connectivity index (χ2n) is 10.1. The van der Waals surface area contributed by atoms with Crippen LogP contribution in [0.2, 0.25) is 0 Å². The number of halogens is 1. The van der Waals surface area contributed by atoms with Crippen LogP contribution in [-0.2, 0) is 27.1 Å². The van der Waals surface area contributed by atoms with Gasteiger partial charge in [0.05, 0.1) is 31.0 Å². The van der Waals surface area contributed by atoms with Gasteiger partial charge >= 0.3 is 7.12 Å². The molecule has 0 radical (unpaired) electrons. The van der Waals surface area contributed by atoms with E-state index in [2.05, 4.69) is 45.9 Å². The van der Waals surface area contributed by atoms with Crippen LogP contribution < -0.4 is 10.2 Å². The smallest absolute Gasteiger partial charge is 0.494 e. The standard InChI is InChI=1S/C28H30BFO4/c1-27(2)28(3,4)34-29(33-27)22-11-10-20-17-32-26(15-21(20)14-22)19-8-6-18(7-9-19)24-16-23(31-5)12-13-25(24)30/h6-14,16,26H,15,17H2,1-5H3. The average Bonchev–Trinajstić information content (AvgIpc) is 3.05. The number of rotatable bonds is 4. The van der Waals surface area contributed by atoms with Crippen molar-refractivity contribution in [3.05, 3.63) is 83.2 Å². The molecule has 0 N–H and O–H groups in total. The van der Waals surface area contributed by atoms with E-state index in [0.29, 0.717) is 17.9 Å². The van der Waals surface area contributed by atoms with Crippen molar-refractivity contribution < 1.29 is 23.2 Å². The molecule has 2 aliphatic heterocycles. The molecule has 0 saturated carbocycles. The first-order valence-electron chi connectivity index (χ1n) is 11.7. The molecule has 0 amide bonds. The minimum Gasteiger partial charge on any atom is -0.497 e. The molecule has 6 heteroatoms. The Hall–Kier alpha value is -2.67. The Morgan fingerprint density at radius 3 is 2.26 bits per heavy atom. The van der Waals surface area contributed by atoms with Gasteiger partial charge in [-0.25, -0.2) is 4.39 Å². The second-order valence-corrected chi connectivity index (χ2v) is 10.1. The first kappa shape index (κ1) is 23.1. The maximum absolute atomic E-state index is 14.4. The van der Waals surface area contributed by atoms with Crippen molar-refractivity contribution in [2.45, 2.75) is 58.0 Å². The SMILES string of the molecule is COc1ccc(F)c(-c2ccc(C3Cc4cc(B5OC(C)(C)C(C)(C)O5)ccc4CO3)cc2)c1. The molecule has 2 heterocycles. The Kier molecular flexibility index (Phi) is 5.79. The Bertz CT molecular complexity index is 1190. The lowest BCUT2D eigenvalue weighted by Crippen LogP contribution is -2.41. The highest BCUT2D eigenvalue weighted by molar-refractivity contribution is 6.62. The van der Waals surface area contributed by atoms with E-state index in [-0.39, 0.29) is 30.2 Å². The van der Waals surface area contributed by atoms with Crippen molar-refractivity contribution in [3.63, 3.8) is 0 Å². The number of fused-ring (bicyclic) bond motifs is 1. The first-order valence-corrected chi connectivity index (χ1v) is 11.7. The zero-order valence-corrected chi connectivity index (χ0v) is 20.4. The van der Waals surface area contributed by atoms with Crippen LogP contribution in [0, 0.1) is 5.82 Å². The van der Waals surface area contributed by atoms with E-state index in [1.165, 1.54) is 17.2 Å². The van der Waals surface area contributed by atoms with Gasteiger partial charge in [0.25, 0.3) is 0 Å². The van der Waals surface area contributed by atoms with Gasteiger partial charge in [0.1, 0.15) is 11.6 Å². The summed E-state index contributed by atoms with van der Waals surface area (Å²) in [4.78, 5) is 0. The van der Waals surface area contributed by atoms with E-state index < -0.39 is 0 Å². The Balaban J connectivity index is 1.35. The monoisotopic (exact) mass is 460 g/mol. The third-order valence-electron chi connectivity index (χ3n) is 7.37. The highest BCUT2D eigenvalue weighted by Crippen LogP contribution is 2.37. The molecule has 0 bridgehead atoms. The van der Waals surface area contributed by atoms with Crippen LogP contribution in [-0.4, -0.2) is 25.4 Å². The van der Waals surface area contributed by atoms with Gasteiger partial charge in [0, 0.05) is 12.0 Å². The zero-order valence-electron chi connectivity index (χ0n) is 20.4. The summed E-state index contributed by atoms with van der Waals surface area (Å²) in [6, 6.07) is 19.0. The van der Waals surface area contributed by atoms with E-state index in [4.69, 9.17) is 18.8 Å². The molecule has 3 aromatic carbocycles. The lowest BCUT2D eigenvalue weighted by atomic mass is 9.77. The highest BCUT2D eigenvalue weighted by Gasteiger charge is 2.51. The predicted molar refractivity (Wildman–Crippen MR) is 132 cm³/mol. The van der Waals surface area contributed by atoms with Gasteiger partial charge in [-0.3, -0.25) is 0 Å². The first-order chi connectivity index (χ1) is 16.2. The number of hydrogen-bond acceptors (Lipinski definition) is 4. The van der Waals surface area contributed by atoms with E-state index in [0.717, 1.165) is 23.0 Å². The zero-order chi connectivity index (χ0) is 24.1. The summed E-state index contributed by atoms with van der Waals surface area (Å²) in [5.74, 6) is 0.358. The molecule has 176 valence electrons. The molecule has 1 atom stereocenters. The van der Waals surface area contributed by atoms with Gasteiger partial charge < -0.3 is 18.8 Å². The molecule has 1 saturated heterocycles. The molecule has 5 rings (SSSR count). The molecular weight excluding hydrogens is 430 g/mol. The number of hydrogen-bond donors (Lipinski definition) is 0. The van der Waals surface area contributed by atoms with Crippen LogP contribution in [0.5, 0.6) is 5.75 Å². The third kappa shape index (κ3) is 4.15. The van der Waals surface area contributed by atoms with Gasteiger partial charge in [0.15, 0.2) is 0 Å². The van der Waals surface area contributed by atoms with E-state index >= 15 is 0 Å². The summed E-state index contributed by atoms with van der Waals surface area (Å²) >= 11 is 0. The van der Waals surface area contributed by atoms with Crippen molar-refractivity contribution in [1.82, 2.24) is 0 Å². The van der Waals surface area contributed by atoms with Gasteiger partial charge in [-0.05, 0) is 73.6 Å². The molecule has 1 unspecified atom stereocenters. The fourth-order valence-electron chi connectivity index (χ4n) is 4.50. The molecule has 0 aromatic heterocycles. The molecule has 0 spiro atoms. The Labute approximate surface area is 201 Å². The largest absolute Gasteiger partial charge is 0.497 e. The fraction of sp³-hybridized carbons (Fsp3) is 0.357. The highest BCUT2D eigenvalue weighted by atomic mass is 19.1. The molecule has 3 aromatic rings. The van der Waals surface area contributed by atoms with Crippen LogP contribution in [0.15, 0.2) is 60.7 Å². The number of benzene rings is 3. The summed E-state index contributed by atoms with van der Waals surface area (Å²) < 4.78 is 38.3. The minimum atomic E-state index is -0.381. The quantitative estimate of drug-likeness (QED) is 0.474. The molecule has 0 aliphatic carbocycles. The number of methoxy groups -OCH3 is 1. The third-order valence-corrected chi connectivity index (χ3v) is 7.37. The molecule has 2 aliphatic rings. The van der Waals surface area contributed by atoms with E-state index in [1.807, 2.05) is 24.3 Å². The second kappa shape index (κ2) is 8.53. The van der Waals surface area contributed by atoms with Crippen molar-refractivity contribution in [2.75, 3.05) is 7.11 Å². The Morgan fingerprint density at radius 2 is 1.59 bits per heavy atom. The Morgan fingerprint density at radius 1 is 0.882 bits per heavy atom. The normalized spacial score (nSPS) is 20.8. The molecule has 34 heavy (non-hydrogen) atoms. The molecule has 4 nitrogen and oxygen atoms in total. The lowest BCUT2D eigenvalue weighted by molar-refractivity contribution is 0.00578. The molecule has 1 fully saturated rings. The summed E-state index contributed by atoms with van der Waals surface area (Å²) in [5, 5.41) is 0. The fourth-order valence-corrected chi connectivity index (χ4v) is 4.50. The van der Waals surface area contributed by atoms with Crippen molar-refractivity contribution in [3.8, 4) is 16.9 Å². The molecular formula is C28H30BFO4.